The Morgan fingerprint density at radius 3 is 2.79 bits per heavy atom. The summed E-state index contributed by atoms with van der Waals surface area (Å²) in [6, 6.07) is 14.1. The van der Waals surface area contributed by atoms with Crippen LogP contribution in [0.4, 0.5) is 0 Å². The summed E-state index contributed by atoms with van der Waals surface area (Å²) in [5.74, 6) is 0.683. The van der Waals surface area contributed by atoms with E-state index in [9.17, 15) is 0 Å². The quantitative estimate of drug-likeness (QED) is 0.730. The summed E-state index contributed by atoms with van der Waals surface area (Å²) in [5, 5.41) is 14.4. The Morgan fingerprint density at radius 1 is 1.11 bits per heavy atom. The van der Waals surface area contributed by atoms with Crippen molar-refractivity contribution in [2.45, 2.75) is 6.54 Å². The fraction of sp³-hybridized carbons (Fsp3) is 0.0714. The number of rotatable bonds is 4. The van der Waals surface area contributed by atoms with Gasteiger partial charge in [-0.25, -0.2) is 0 Å². The van der Waals surface area contributed by atoms with Gasteiger partial charge in [-0.05, 0) is 22.2 Å². The third-order valence-corrected chi connectivity index (χ3v) is 3.44. The minimum absolute atomic E-state index is 0.618. The number of thiophene rings is 1. The summed E-state index contributed by atoms with van der Waals surface area (Å²) in [6.45, 7) is 0.618. The second kappa shape index (κ2) is 5.58. The van der Waals surface area contributed by atoms with Crippen LogP contribution in [0.2, 0.25) is 0 Å². The highest BCUT2D eigenvalue weighted by atomic mass is 32.1. The molecule has 0 fully saturated rings. The summed E-state index contributed by atoms with van der Waals surface area (Å²) < 4.78 is 0. The molecule has 1 aromatic carbocycles. The van der Waals surface area contributed by atoms with Gasteiger partial charge in [0.05, 0.1) is 11.4 Å². The maximum atomic E-state index is 4.34. The SMILES string of the molecule is C(=Cc1ccccc1)Cn1nnc(-c2cccs2)n1. The van der Waals surface area contributed by atoms with Gasteiger partial charge in [-0.1, -0.05) is 48.6 Å². The smallest absolute Gasteiger partial charge is 0.160 e. The van der Waals surface area contributed by atoms with Crippen molar-refractivity contribution < 1.29 is 0 Å². The van der Waals surface area contributed by atoms with Crippen LogP contribution in [0.1, 0.15) is 5.56 Å². The van der Waals surface area contributed by atoms with Crippen molar-refractivity contribution in [3.63, 3.8) is 0 Å². The highest BCUT2D eigenvalue weighted by Gasteiger charge is 2.05. The lowest BCUT2D eigenvalue weighted by Crippen LogP contribution is -1.99. The molecule has 3 aromatic rings. The van der Waals surface area contributed by atoms with Gasteiger partial charge in [0, 0.05) is 0 Å². The largest absolute Gasteiger partial charge is 0.214 e. The van der Waals surface area contributed by atoms with Crippen LogP contribution in [-0.2, 0) is 6.54 Å². The fourth-order valence-corrected chi connectivity index (χ4v) is 2.32. The van der Waals surface area contributed by atoms with E-state index in [0.29, 0.717) is 12.4 Å². The first kappa shape index (κ1) is 11.8. The van der Waals surface area contributed by atoms with Gasteiger partial charge in [-0.15, -0.1) is 21.5 Å². The van der Waals surface area contributed by atoms with Crippen molar-refractivity contribution in [2.24, 2.45) is 0 Å². The Labute approximate surface area is 115 Å². The van der Waals surface area contributed by atoms with Crippen LogP contribution in [0.15, 0.2) is 53.9 Å². The molecule has 19 heavy (non-hydrogen) atoms. The topological polar surface area (TPSA) is 43.6 Å². The fourth-order valence-electron chi connectivity index (χ4n) is 1.67. The highest BCUT2D eigenvalue weighted by Crippen LogP contribution is 2.19. The molecule has 2 heterocycles. The van der Waals surface area contributed by atoms with Crippen LogP contribution < -0.4 is 0 Å². The highest BCUT2D eigenvalue weighted by molar-refractivity contribution is 7.13. The molecule has 0 aliphatic heterocycles. The van der Waals surface area contributed by atoms with Crippen LogP contribution >= 0.6 is 11.3 Å². The third kappa shape index (κ3) is 2.95. The van der Waals surface area contributed by atoms with Crippen molar-refractivity contribution in [1.29, 1.82) is 0 Å². The Kier molecular flexibility index (Phi) is 3.47. The van der Waals surface area contributed by atoms with Gasteiger partial charge in [0.15, 0.2) is 0 Å². The molecule has 2 aromatic heterocycles. The molecule has 5 heteroatoms. The van der Waals surface area contributed by atoms with Crippen molar-refractivity contribution >= 4 is 17.4 Å². The van der Waals surface area contributed by atoms with E-state index in [1.54, 1.807) is 16.1 Å². The van der Waals surface area contributed by atoms with E-state index in [0.717, 1.165) is 4.88 Å². The molecule has 0 aliphatic carbocycles. The second-order valence-electron chi connectivity index (χ2n) is 3.96. The minimum Gasteiger partial charge on any atom is -0.160 e. The lowest BCUT2D eigenvalue weighted by atomic mass is 10.2. The van der Waals surface area contributed by atoms with Gasteiger partial charge < -0.3 is 0 Å². The van der Waals surface area contributed by atoms with Gasteiger partial charge >= 0.3 is 0 Å². The van der Waals surface area contributed by atoms with Crippen molar-refractivity contribution in [2.75, 3.05) is 0 Å². The third-order valence-electron chi connectivity index (χ3n) is 2.57. The lowest BCUT2D eigenvalue weighted by Gasteiger charge is -1.92. The number of hydrogen-bond acceptors (Lipinski definition) is 4. The molecular formula is C14H12N4S. The van der Waals surface area contributed by atoms with Crippen LogP contribution in [0.3, 0.4) is 0 Å². The minimum atomic E-state index is 0.618. The molecule has 0 aliphatic rings. The van der Waals surface area contributed by atoms with Gasteiger partial charge in [-0.2, -0.15) is 4.80 Å². The molecule has 0 spiro atoms. The summed E-state index contributed by atoms with van der Waals surface area (Å²) in [4.78, 5) is 2.63. The zero-order valence-electron chi connectivity index (χ0n) is 10.2. The Hall–Kier alpha value is -2.27. The Bertz CT molecular complexity index is 656. The standard InChI is InChI=1S/C14H12N4S/c1-2-6-12(7-3-1)8-4-10-18-16-14(15-17-18)13-9-5-11-19-13/h1-9,11H,10H2. The zero-order chi connectivity index (χ0) is 12.9. The van der Waals surface area contributed by atoms with Gasteiger partial charge in [0.2, 0.25) is 5.82 Å². The number of tetrazole rings is 1. The molecule has 0 saturated carbocycles. The number of hydrogen-bond donors (Lipinski definition) is 0. The van der Waals surface area contributed by atoms with E-state index in [-0.39, 0.29) is 0 Å². The Balaban J connectivity index is 1.67. The maximum Gasteiger partial charge on any atom is 0.214 e. The Morgan fingerprint density at radius 2 is 2.00 bits per heavy atom. The molecule has 4 nitrogen and oxygen atoms in total. The van der Waals surface area contributed by atoms with Crippen molar-refractivity contribution in [1.82, 2.24) is 20.2 Å². The van der Waals surface area contributed by atoms with E-state index >= 15 is 0 Å². The first-order chi connectivity index (χ1) is 9.42. The number of aromatic nitrogens is 4. The first-order valence-electron chi connectivity index (χ1n) is 5.95. The van der Waals surface area contributed by atoms with E-state index in [1.165, 1.54) is 5.56 Å². The van der Waals surface area contributed by atoms with Crippen LogP contribution in [0, 0.1) is 0 Å². The average Bonchev–Trinajstić information content (AvgIpc) is 3.10. The summed E-state index contributed by atoms with van der Waals surface area (Å²) in [6.07, 6.45) is 4.07. The molecule has 0 amide bonds. The molecule has 0 N–H and O–H groups in total. The molecule has 0 bridgehead atoms. The van der Waals surface area contributed by atoms with E-state index < -0.39 is 0 Å². The van der Waals surface area contributed by atoms with Crippen LogP contribution in [-0.4, -0.2) is 20.2 Å². The predicted octanol–water partition coefficient (Wildman–Crippen LogP) is 3.12. The average molecular weight is 268 g/mol. The molecule has 0 saturated heterocycles. The predicted molar refractivity (Wildman–Crippen MR) is 76.6 cm³/mol. The molecule has 0 atom stereocenters. The van der Waals surface area contributed by atoms with Crippen LogP contribution in [0.5, 0.6) is 0 Å². The van der Waals surface area contributed by atoms with Crippen molar-refractivity contribution in [3.8, 4) is 10.7 Å². The molecule has 0 radical (unpaired) electrons. The van der Waals surface area contributed by atoms with Crippen molar-refractivity contribution in [3.05, 3.63) is 59.5 Å². The van der Waals surface area contributed by atoms with Gasteiger partial charge in [-0.3, -0.25) is 0 Å². The summed E-state index contributed by atoms with van der Waals surface area (Å²) >= 11 is 1.61. The monoisotopic (exact) mass is 268 g/mol. The number of benzene rings is 1. The summed E-state index contributed by atoms with van der Waals surface area (Å²) in [5.41, 5.74) is 1.17. The lowest BCUT2D eigenvalue weighted by molar-refractivity contribution is 0.584. The normalized spacial score (nSPS) is 11.2. The number of nitrogens with zero attached hydrogens (tertiary/aromatic N) is 4. The molecule has 94 valence electrons. The van der Waals surface area contributed by atoms with E-state index in [2.05, 4.69) is 27.5 Å². The zero-order valence-corrected chi connectivity index (χ0v) is 11.0. The van der Waals surface area contributed by atoms with Gasteiger partial charge in [0.25, 0.3) is 0 Å². The van der Waals surface area contributed by atoms with Gasteiger partial charge in [0.1, 0.15) is 0 Å². The second-order valence-corrected chi connectivity index (χ2v) is 4.91. The summed E-state index contributed by atoms with van der Waals surface area (Å²) in [7, 11) is 0. The van der Waals surface area contributed by atoms with Crippen LogP contribution in [0.25, 0.3) is 16.8 Å². The van der Waals surface area contributed by atoms with E-state index in [4.69, 9.17) is 0 Å². The maximum absolute atomic E-state index is 4.34. The van der Waals surface area contributed by atoms with E-state index in [1.807, 2.05) is 47.9 Å². The first-order valence-corrected chi connectivity index (χ1v) is 6.83. The molecular weight excluding hydrogens is 256 g/mol. The molecule has 0 unspecified atom stereocenters. The molecule has 3 rings (SSSR count). The number of allylic oxidation sites excluding steroid dienone is 1.